The van der Waals surface area contributed by atoms with E-state index in [9.17, 15) is 4.79 Å². The molecule has 5 nitrogen and oxygen atoms in total. The van der Waals surface area contributed by atoms with Gasteiger partial charge in [-0.3, -0.25) is 0 Å². The Labute approximate surface area is 159 Å². The van der Waals surface area contributed by atoms with Crippen LogP contribution in [0.1, 0.15) is 37.6 Å². The summed E-state index contributed by atoms with van der Waals surface area (Å²) in [7, 11) is 0. The minimum atomic E-state index is -0.721. The molecule has 1 aromatic carbocycles. The molecule has 6 heteroatoms. The average molecular weight is 375 g/mol. The van der Waals surface area contributed by atoms with Gasteiger partial charge in [0.25, 0.3) is 0 Å². The summed E-state index contributed by atoms with van der Waals surface area (Å²) in [6.07, 6.45) is -0.517. The first-order chi connectivity index (χ1) is 12.3. The van der Waals surface area contributed by atoms with E-state index in [4.69, 9.17) is 21.1 Å². The monoisotopic (exact) mass is 374 g/mol. The lowest BCUT2D eigenvalue weighted by atomic mass is 9.94. The van der Waals surface area contributed by atoms with Gasteiger partial charge in [-0.15, -0.1) is 0 Å². The zero-order valence-corrected chi connectivity index (χ0v) is 16.0. The fourth-order valence-electron chi connectivity index (χ4n) is 2.34. The number of rotatable bonds is 7. The Morgan fingerprint density at radius 1 is 1.23 bits per heavy atom. The van der Waals surface area contributed by atoms with Crippen LogP contribution in [0.2, 0.25) is 5.15 Å². The Hall–Kier alpha value is -2.53. The molecule has 1 N–H and O–H groups in total. The van der Waals surface area contributed by atoms with Crippen molar-refractivity contribution in [1.82, 2.24) is 10.3 Å². The summed E-state index contributed by atoms with van der Waals surface area (Å²) < 4.78 is 10.7. The maximum absolute atomic E-state index is 12.2. The molecule has 0 saturated heterocycles. The molecule has 2 aromatic rings. The second-order valence-corrected chi connectivity index (χ2v) is 6.62. The summed E-state index contributed by atoms with van der Waals surface area (Å²) in [4.78, 5) is 16.4. The first-order valence-corrected chi connectivity index (χ1v) is 8.68. The number of alkyl carbamates (subject to hydrolysis) is 1. The summed E-state index contributed by atoms with van der Waals surface area (Å²) in [5.74, 6) is 0.429. The number of nitrogens with zero attached hydrogens (tertiary/aromatic N) is 1. The van der Waals surface area contributed by atoms with E-state index in [-0.39, 0.29) is 6.61 Å². The van der Waals surface area contributed by atoms with E-state index in [1.54, 1.807) is 12.1 Å². The molecule has 2 rings (SSSR count). The molecule has 0 atom stereocenters. The molecule has 26 heavy (non-hydrogen) atoms. The van der Waals surface area contributed by atoms with Gasteiger partial charge in [0.2, 0.25) is 0 Å². The van der Waals surface area contributed by atoms with Crippen LogP contribution in [0.15, 0.2) is 49.0 Å². The molecule has 0 spiro atoms. The van der Waals surface area contributed by atoms with E-state index in [0.29, 0.717) is 23.2 Å². The highest BCUT2D eigenvalue weighted by atomic mass is 35.5. The maximum atomic E-state index is 12.2. The Morgan fingerprint density at radius 2 is 1.92 bits per heavy atom. The van der Waals surface area contributed by atoms with Crippen molar-refractivity contribution in [2.45, 2.75) is 32.9 Å². The molecule has 1 amide bonds. The van der Waals surface area contributed by atoms with Crippen molar-refractivity contribution in [3.05, 3.63) is 71.0 Å². The lowest BCUT2D eigenvalue weighted by Crippen LogP contribution is -2.41. The molecule has 1 aromatic heterocycles. The molecule has 0 radical (unpaired) electrons. The lowest BCUT2D eigenvalue weighted by Gasteiger charge is -2.27. The van der Waals surface area contributed by atoms with Crippen molar-refractivity contribution in [3.8, 4) is 0 Å². The van der Waals surface area contributed by atoms with Crippen LogP contribution >= 0.6 is 11.6 Å². The van der Waals surface area contributed by atoms with Crippen molar-refractivity contribution in [2.24, 2.45) is 0 Å². The van der Waals surface area contributed by atoms with Gasteiger partial charge in [-0.2, -0.15) is 0 Å². The predicted octanol–water partition coefficient (Wildman–Crippen LogP) is 4.90. The number of benzene rings is 1. The van der Waals surface area contributed by atoms with Gasteiger partial charge < -0.3 is 14.8 Å². The van der Waals surface area contributed by atoms with E-state index in [1.165, 1.54) is 0 Å². The SMILES string of the molecule is C=C(OCC)c1cc(C(C)(C)NC(=O)OCc2ccccc2)cc(Cl)n1. The van der Waals surface area contributed by atoms with Crippen molar-refractivity contribution < 1.29 is 14.3 Å². The van der Waals surface area contributed by atoms with E-state index >= 15 is 0 Å². The van der Waals surface area contributed by atoms with Crippen LogP contribution < -0.4 is 5.32 Å². The zero-order chi connectivity index (χ0) is 19.2. The third kappa shape index (κ3) is 5.49. The number of ether oxygens (including phenoxy) is 2. The summed E-state index contributed by atoms with van der Waals surface area (Å²) in [5.41, 5.74) is 1.50. The molecule has 0 aliphatic carbocycles. The fourth-order valence-corrected chi connectivity index (χ4v) is 2.54. The van der Waals surface area contributed by atoms with Crippen molar-refractivity contribution >= 4 is 23.5 Å². The standard InChI is InChI=1S/C20H23ClN2O3/c1-5-25-14(2)17-11-16(12-18(21)22-17)20(3,4)23-19(24)26-13-15-9-7-6-8-10-15/h6-12H,2,5,13H2,1,3-4H3,(H,23,24). The van der Waals surface area contributed by atoms with Crippen LogP contribution in [0.5, 0.6) is 0 Å². The van der Waals surface area contributed by atoms with Gasteiger partial charge in [-0.05, 0) is 44.0 Å². The molecule has 0 aliphatic rings. The van der Waals surface area contributed by atoms with E-state index in [1.807, 2.05) is 51.1 Å². The first kappa shape index (κ1) is 19.8. The van der Waals surface area contributed by atoms with Crippen molar-refractivity contribution in [1.29, 1.82) is 0 Å². The van der Waals surface area contributed by atoms with Crippen LogP contribution in [-0.2, 0) is 21.6 Å². The highest BCUT2D eigenvalue weighted by Crippen LogP contribution is 2.26. The molecule has 0 saturated carbocycles. The molecule has 0 fully saturated rings. The van der Waals surface area contributed by atoms with Crippen LogP contribution in [0.25, 0.3) is 5.76 Å². The summed E-state index contributed by atoms with van der Waals surface area (Å²) in [5, 5.41) is 3.15. The highest BCUT2D eigenvalue weighted by molar-refractivity contribution is 6.29. The number of hydrogen-bond acceptors (Lipinski definition) is 4. The van der Waals surface area contributed by atoms with Gasteiger partial charge in [0.05, 0.1) is 12.1 Å². The third-order valence-corrected chi connectivity index (χ3v) is 3.94. The topological polar surface area (TPSA) is 60.5 Å². The normalized spacial score (nSPS) is 10.9. The first-order valence-electron chi connectivity index (χ1n) is 8.31. The van der Waals surface area contributed by atoms with Gasteiger partial charge in [-0.1, -0.05) is 48.5 Å². The van der Waals surface area contributed by atoms with E-state index < -0.39 is 11.6 Å². The van der Waals surface area contributed by atoms with Crippen LogP contribution in [0.4, 0.5) is 4.79 Å². The fraction of sp³-hybridized carbons (Fsp3) is 0.300. The molecular formula is C20H23ClN2O3. The molecule has 0 aliphatic heterocycles. The largest absolute Gasteiger partial charge is 0.492 e. The molecular weight excluding hydrogens is 352 g/mol. The van der Waals surface area contributed by atoms with Crippen molar-refractivity contribution in [3.63, 3.8) is 0 Å². The molecule has 0 bridgehead atoms. The molecule has 0 unspecified atom stereocenters. The van der Waals surface area contributed by atoms with Gasteiger partial charge in [0, 0.05) is 0 Å². The Kier molecular flexibility index (Phi) is 6.64. The van der Waals surface area contributed by atoms with Gasteiger partial charge in [0.1, 0.15) is 23.2 Å². The van der Waals surface area contributed by atoms with Gasteiger partial charge in [-0.25, -0.2) is 9.78 Å². The number of nitrogens with one attached hydrogen (secondary N) is 1. The zero-order valence-electron chi connectivity index (χ0n) is 15.2. The second-order valence-electron chi connectivity index (χ2n) is 6.23. The maximum Gasteiger partial charge on any atom is 0.408 e. The van der Waals surface area contributed by atoms with E-state index in [2.05, 4.69) is 16.9 Å². The number of pyridine rings is 1. The number of halogens is 1. The number of aromatic nitrogens is 1. The highest BCUT2D eigenvalue weighted by Gasteiger charge is 2.25. The number of amides is 1. The van der Waals surface area contributed by atoms with E-state index in [0.717, 1.165) is 11.1 Å². The molecule has 138 valence electrons. The quantitative estimate of drug-likeness (QED) is 0.553. The van der Waals surface area contributed by atoms with Crippen LogP contribution in [-0.4, -0.2) is 17.7 Å². The lowest BCUT2D eigenvalue weighted by molar-refractivity contribution is 0.129. The summed E-state index contributed by atoms with van der Waals surface area (Å²) in [6.45, 7) is 10.1. The Balaban J connectivity index is 2.08. The Bertz CT molecular complexity index is 776. The summed E-state index contributed by atoms with van der Waals surface area (Å²) in [6, 6.07) is 13.0. The predicted molar refractivity (Wildman–Crippen MR) is 103 cm³/mol. The average Bonchev–Trinajstić information content (AvgIpc) is 2.60. The smallest absolute Gasteiger partial charge is 0.408 e. The van der Waals surface area contributed by atoms with Crippen LogP contribution in [0.3, 0.4) is 0 Å². The second kappa shape index (κ2) is 8.72. The van der Waals surface area contributed by atoms with Crippen LogP contribution in [0, 0.1) is 0 Å². The third-order valence-electron chi connectivity index (χ3n) is 3.75. The Morgan fingerprint density at radius 3 is 2.58 bits per heavy atom. The number of carbonyl (C=O) groups is 1. The van der Waals surface area contributed by atoms with Gasteiger partial charge >= 0.3 is 6.09 Å². The minimum absolute atomic E-state index is 0.201. The summed E-state index contributed by atoms with van der Waals surface area (Å²) >= 11 is 6.13. The number of hydrogen-bond donors (Lipinski definition) is 1. The van der Waals surface area contributed by atoms with Gasteiger partial charge in [0.15, 0.2) is 0 Å². The molecule has 1 heterocycles. The number of carbonyl (C=O) groups excluding carboxylic acids is 1. The minimum Gasteiger partial charge on any atom is -0.492 e. The van der Waals surface area contributed by atoms with Crippen molar-refractivity contribution in [2.75, 3.05) is 6.61 Å².